The summed E-state index contributed by atoms with van der Waals surface area (Å²) >= 11 is 20.9. The van der Waals surface area contributed by atoms with Crippen LogP contribution < -0.4 is 5.32 Å². The predicted octanol–water partition coefficient (Wildman–Crippen LogP) is 5.06. The minimum atomic E-state index is -0.408. The number of nitrogens with zero attached hydrogens (tertiary/aromatic N) is 1. The number of rotatable bonds is 2. The molecule has 0 aliphatic heterocycles. The Morgan fingerprint density at radius 1 is 1.16 bits per heavy atom. The smallest absolute Gasteiger partial charge is 0.257 e. The van der Waals surface area contributed by atoms with Crippen molar-refractivity contribution < 1.29 is 4.79 Å². The normalized spacial score (nSPS) is 10.3. The molecule has 1 amide bonds. The van der Waals surface area contributed by atoms with Crippen molar-refractivity contribution in [2.24, 2.45) is 0 Å². The second kappa shape index (κ2) is 6.09. The average Bonchev–Trinajstić information content (AvgIpc) is 2.36. The zero-order chi connectivity index (χ0) is 14.0. The van der Waals surface area contributed by atoms with Crippen LogP contribution in [0.5, 0.6) is 0 Å². The van der Waals surface area contributed by atoms with Crippen LogP contribution in [-0.4, -0.2) is 10.9 Å². The fraction of sp³-hybridized carbons (Fsp3) is 0. The van der Waals surface area contributed by atoms with Gasteiger partial charge in [-0.3, -0.25) is 4.79 Å². The quantitative estimate of drug-likeness (QED) is 0.740. The number of nitrogens with one attached hydrogen (secondary N) is 1. The number of carbonyl (C=O) groups excluding carboxylic acids is 1. The molecule has 0 saturated carbocycles. The highest BCUT2D eigenvalue weighted by Gasteiger charge is 2.13. The highest BCUT2D eigenvalue weighted by molar-refractivity contribution is 9.10. The van der Waals surface area contributed by atoms with E-state index in [1.807, 2.05) is 0 Å². The summed E-state index contributed by atoms with van der Waals surface area (Å²) in [5.41, 5.74) is 0.711. The first-order chi connectivity index (χ1) is 8.97. The van der Waals surface area contributed by atoms with Crippen LogP contribution in [0.1, 0.15) is 10.4 Å². The molecule has 2 rings (SSSR count). The van der Waals surface area contributed by atoms with Crippen molar-refractivity contribution >= 4 is 62.3 Å². The first-order valence-electron chi connectivity index (χ1n) is 5.05. The lowest BCUT2D eigenvalue weighted by Gasteiger charge is -2.09. The van der Waals surface area contributed by atoms with Crippen molar-refractivity contribution in [2.45, 2.75) is 0 Å². The van der Waals surface area contributed by atoms with Crippen LogP contribution in [0.4, 0.5) is 5.69 Å². The molecular weight excluding hydrogens is 374 g/mol. The van der Waals surface area contributed by atoms with Gasteiger partial charge in [0.1, 0.15) is 5.15 Å². The molecular formula is C12H6BrCl3N2O. The molecule has 3 nitrogen and oxygen atoms in total. The fourth-order valence-corrected chi connectivity index (χ4v) is 2.24. The molecule has 1 N–H and O–H groups in total. The number of carbonyl (C=O) groups is 1. The molecule has 1 heterocycles. The van der Waals surface area contributed by atoms with E-state index in [9.17, 15) is 4.79 Å². The first-order valence-corrected chi connectivity index (χ1v) is 6.97. The van der Waals surface area contributed by atoms with Gasteiger partial charge in [0.25, 0.3) is 5.91 Å². The van der Waals surface area contributed by atoms with Gasteiger partial charge in [0.2, 0.25) is 0 Å². The molecule has 19 heavy (non-hydrogen) atoms. The third kappa shape index (κ3) is 3.60. The third-order valence-corrected chi connectivity index (χ3v) is 3.57. The molecule has 1 aromatic carbocycles. The van der Waals surface area contributed by atoms with Crippen molar-refractivity contribution in [3.63, 3.8) is 0 Å². The molecule has 0 aliphatic carbocycles. The molecule has 7 heteroatoms. The highest BCUT2D eigenvalue weighted by Crippen LogP contribution is 2.27. The number of halogens is 4. The van der Waals surface area contributed by atoms with E-state index < -0.39 is 5.91 Å². The van der Waals surface area contributed by atoms with Crippen molar-refractivity contribution in [2.75, 3.05) is 5.32 Å². The fourth-order valence-electron chi connectivity index (χ4n) is 1.37. The van der Waals surface area contributed by atoms with Crippen molar-refractivity contribution in [3.8, 4) is 0 Å². The van der Waals surface area contributed by atoms with E-state index in [1.54, 1.807) is 18.2 Å². The van der Waals surface area contributed by atoms with Crippen LogP contribution in [0, 0.1) is 0 Å². The number of benzene rings is 1. The van der Waals surface area contributed by atoms with Gasteiger partial charge < -0.3 is 5.32 Å². The summed E-state index contributed by atoms with van der Waals surface area (Å²) in [5, 5.41) is 3.49. The zero-order valence-electron chi connectivity index (χ0n) is 9.25. The van der Waals surface area contributed by atoms with E-state index in [4.69, 9.17) is 34.8 Å². The monoisotopic (exact) mass is 378 g/mol. The summed E-state index contributed by atoms with van der Waals surface area (Å²) in [6.07, 6.45) is 1.32. The average molecular weight is 380 g/mol. The van der Waals surface area contributed by atoms with Gasteiger partial charge in [0.05, 0.1) is 21.3 Å². The molecule has 0 aliphatic rings. The summed E-state index contributed by atoms with van der Waals surface area (Å²) in [6, 6.07) is 6.53. The molecule has 0 saturated heterocycles. The van der Waals surface area contributed by atoms with Gasteiger partial charge in [-0.05, 0) is 24.3 Å². The standard InChI is InChI=1S/C12H6BrCl3N2O/c13-6-1-2-8(14)10(3-6)18-12(19)7-4-11(16)17-5-9(7)15/h1-5H,(H,18,19). The van der Waals surface area contributed by atoms with Gasteiger partial charge >= 0.3 is 0 Å². The van der Waals surface area contributed by atoms with E-state index in [0.717, 1.165) is 4.47 Å². The molecule has 0 atom stereocenters. The Labute approximate surface area is 133 Å². The molecule has 2 aromatic rings. The maximum Gasteiger partial charge on any atom is 0.257 e. The molecule has 98 valence electrons. The molecule has 0 fully saturated rings. The van der Waals surface area contributed by atoms with Crippen LogP contribution in [0.25, 0.3) is 0 Å². The van der Waals surface area contributed by atoms with Crippen molar-refractivity contribution in [3.05, 3.63) is 55.7 Å². The molecule has 0 unspecified atom stereocenters. The summed E-state index contributed by atoms with van der Waals surface area (Å²) in [7, 11) is 0. The van der Waals surface area contributed by atoms with Gasteiger partial charge in [-0.15, -0.1) is 0 Å². The summed E-state index contributed by atoms with van der Waals surface area (Å²) in [6.45, 7) is 0. The minimum Gasteiger partial charge on any atom is -0.321 e. The van der Waals surface area contributed by atoms with Gasteiger partial charge in [-0.25, -0.2) is 4.98 Å². The first kappa shape index (κ1) is 14.6. The van der Waals surface area contributed by atoms with E-state index in [0.29, 0.717) is 10.7 Å². The van der Waals surface area contributed by atoms with Crippen LogP contribution in [0.2, 0.25) is 15.2 Å². The van der Waals surface area contributed by atoms with E-state index >= 15 is 0 Å². The lowest BCUT2D eigenvalue weighted by Crippen LogP contribution is -2.13. The topological polar surface area (TPSA) is 42.0 Å². The van der Waals surface area contributed by atoms with Gasteiger partial charge in [0.15, 0.2) is 0 Å². The number of amides is 1. The second-order valence-corrected chi connectivity index (χ2v) is 5.68. The summed E-state index contributed by atoms with van der Waals surface area (Å²) in [5.74, 6) is -0.408. The largest absolute Gasteiger partial charge is 0.321 e. The SMILES string of the molecule is O=C(Nc1cc(Br)ccc1Cl)c1cc(Cl)ncc1Cl. The number of pyridine rings is 1. The Morgan fingerprint density at radius 2 is 1.89 bits per heavy atom. The van der Waals surface area contributed by atoms with Crippen LogP contribution in [-0.2, 0) is 0 Å². The molecule has 0 spiro atoms. The molecule has 0 radical (unpaired) electrons. The number of anilines is 1. The Hall–Kier alpha value is -0.810. The predicted molar refractivity (Wildman–Crippen MR) is 81.4 cm³/mol. The number of aromatic nitrogens is 1. The lowest BCUT2D eigenvalue weighted by atomic mass is 10.2. The van der Waals surface area contributed by atoms with Crippen molar-refractivity contribution in [1.29, 1.82) is 0 Å². The van der Waals surface area contributed by atoms with Gasteiger partial charge in [-0.2, -0.15) is 0 Å². The summed E-state index contributed by atoms with van der Waals surface area (Å²) in [4.78, 5) is 15.9. The van der Waals surface area contributed by atoms with Gasteiger partial charge in [-0.1, -0.05) is 50.7 Å². The van der Waals surface area contributed by atoms with E-state index in [1.165, 1.54) is 12.3 Å². The minimum absolute atomic E-state index is 0.190. The van der Waals surface area contributed by atoms with Crippen LogP contribution in [0.15, 0.2) is 34.9 Å². The number of hydrogen-bond donors (Lipinski definition) is 1. The van der Waals surface area contributed by atoms with Crippen molar-refractivity contribution in [1.82, 2.24) is 4.98 Å². The second-order valence-electron chi connectivity index (χ2n) is 3.57. The third-order valence-electron chi connectivity index (χ3n) is 2.24. The highest BCUT2D eigenvalue weighted by atomic mass is 79.9. The Kier molecular flexibility index (Phi) is 4.68. The summed E-state index contributed by atoms with van der Waals surface area (Å²) < 4.78 is 0.797. The van der Waals surface area contributed by atoms with Crippen LogP contribution >= 0.6 is 50.7 Å². The zero-order valence-corrected chi connectivity index (χ0v) is 13.1. The van der Waals surface area contributed by atoms with Gasteiger partial charge in [0, 0.05) is 10.7 Å². The Balaban J connectivity index is 2.30. The van der Waals surface area contributed by atoms with E-state index in [2.05, 4.69) is 26.2 Å². The van der Waals surface area contributed by atoms with Crippen LogP contribution in [0.3, 0.4) is 0 Å². The Bertz CT molecular complexity index is 649. The van der Waals surface area contributed by atoms with E-state index in [-0.39, 0.29) is 15.7 Å². The maximum atomic E-state index is 12.1. The lowest BCUT2D eigenvalue weighted by molar-refractivity contribution is 0.102. The maximum absolute atomic E-state index is 12.1. The molecule has 1 aromatic heterocycles. The Morgan fingerprint density at radius 3 is 2.63 bits per heavy atom. The molecule has 0 bridgehead atoms. The number of hydrogen-bond acceptors (Lipinski definition) is 2.